The summed E-state index contributed by atoms with van der Waals surface area (Å²) < 4.78 is 5.30. The quantitative estimate of drug-likeness (QED) is 0.405. The maximum Gasteiger partial charge on any atom is 0.302 e. The Bertz CT molecular complexity index is 268. The van der Waals surface area contributed by atoms with E-state index < -0.39 is 0 Å². The van der Waals surface area contributed by atoms with Crippen LogP contribution < -0.4 is 0 Å². The molecule has 0 aliphatic heterocycles. The molecule has 0 aliphatic rings. The van der Waals surface area contributed by atoms with Crippen LogP contribution in [0.25, 0.3) is 0 Å². The van der Waals surface area contributed by atoms with Crippen molar-refractivity contribution in [3.8, 4) is 0 Å². The number of ether oxygens (including phenoxy) is 1. The van der Waals surface area contributed by atoms with Gasteiger partial charge in [0.05, 0.1) is 9.40 Å². The standard InChI is InChI=1S/C13H22Cl2O2S/c1-3-4-5-6-7-8-9-18-13(15)12(14)10-17-11(2)16/h3-10H2,1-2H3/b13-12+. The molecule has 0 bridgehead atoms. The van der Waals surface area contributed by atoms with Crippen LogP contribution in [-0.4, -0.2) is 18.3 Å². The molecule has 0 saturated heterocycles. The van der Waals surface area contributed by atoms with Crippen LogP contribution in [0.2, 0.25) is 0 Å². The second-order valence-electron chi connectivity index (χ2n) is 4.08. The number of esters is 1. The average Bonchev–Trinajstić information content (AvgIpc) is 2.34. The zero-order valence-corrected chi connectivity index (χ0v) is 13.5. The van der Waals surface area contributed by atoms with Crippen molar-refractivity contribution in [1.29, 1.82) is 0 Å². The Hall–Kier alpha value is 0.140. The van der Waals surface area contributed by atoms with Gasteiger partial charge < -0.3 is 4.74 Å². The highest BCUT2D eigenvalue weighted by atomic mass is 35.5. The number of thioether (sulfide) groups is 1. The lowest BCUT2D eigenvalue weighted by Crippen LogP contribution is -2.00. The van der Waals surface area contributed by atoms with Crippen LogP contribution in [0.5, 0.6) is 0 Å². The van der Waals surface area contributed by atoms with Gasteiger partial charge in [0.15, 0.2) is 0 Å². The highest BCUT2D eigenvalue weighted by Gasteiger charge is 2.04. The number of halogens is 2. The molecule has 0 fully saturated rings. The molecule has 18 heavy (non-hydrogen) atoms. The third-order valence-corrected chi connectivity index (χ3v) is 4.40. The highest BCUT2D eigenvalue weighted by molar-refractivity contribution is 8.04. The fraction of sp³-hybridized carbons (Fsp3) is 0.769. The summed E-state index contributed by atoms with van der Waals surface area (Å²) in [5.41, 5.74) is 0. The average molecular weight is 313 g/mol. The largest absolute Gasteiger partial charge is 0.460 e. The minimum atomic E-state index is -0.349. The Morgan fingerprint density at radius 2 is 1.72 bits per heavy atom. The summed E-state index contributed by atoms with van der Waals surface area (Å²) in [5.74, 6) is 0.611. The van der Waals surface area contributed by atoms with Gasteiger partial charge in [0, 0.05) is 6.92 Å². The predicted molar refractivity (Wildman–Crippen MR) is 81.2 cm³/mol. The van der Waals surface area contributed by atoms with Crippen molar-refractivity contribution in [2.45, 2.75) is 52.4 Å². The molecule has 0 unspecified atom stereocenters. The van der Waals surface area contributed by atoms with Gasteiger partial charge in [-0.1, -0.05) is 62.2 Å². The minimum absolute atomic E-state index is 0.0687. The Morgan fingerprint density at radius 3 is 2.33 bits per heavy atom. The monoisotopic (exact) mass is 312 g/mol. The Morgan fingerprint density at radius 1 is 1.11 bits per heavy atom. The van der Waals surface area contributed by atoms with Crippen LogP contribution in [0.15, 0.2) is 9.40 Å². The number of hydrogen-bond acceptors (Lipinski definition) is 3. The lowest BCUT2D eigenvalue weighted by atomic mass is 10.1. The van der Waals surface area contributed by atoms with Gasteiger partial charge in [0.1, 0.15) is 6.61 Å². The third-order valence-electron chi connectivity index (χ3n) is 2.34. The number of unbranched alkanes of at least 4 members (excludes halogenated alkanes) is 5. The number of rotatable bonds is 10. The first-order valence-corrected chi connectivity index (χ1v) is 8.12. The lowest BCUT2D eigenvalue weighted by molar-refractivity contribution is -0.139. The van der Waals surface area contributed by atoms with E-state index in [1.165, 1.54) is 50.8 Å². The number of carbonyl (C=O) groups excluding carboxylic acids is 1. The van der Waals surface area contributed by atoms with E-state index in [9.17, 15) is 4.79 Å². The van der Waals surface area contributed by atoms with E-state index in [1.807, 2.05) is 0 Å². The summed E-state index contributed by atoms with van der Waals surface area (Å²) in [6, 6.07) is 0. The van der Waals surface area contributed by atoms with Crippen molar-refractivity contribution < 1.29 is 9.53 Å². The summed E-state index contributed by atoms with van der Waals surface area (Å²) in [6.45, 7) is 3.63. The zero-order valence-electron chi connectivity index (χ0n) is 11.1. The molecule has 0 amide bonds. The van der Waals surface area contributed by atoms with E-state index in [-0.39, 0.29) is 12.6 Å². The van der Waals surface area contributed by atoms with E-state index in [0.717, 1.165) is 12.2 Å². The van der Waals surface area contributed by atoms with Crippen molar-refractivity contribution >= 4 is 40.9 Å². The predicted octanol–water partition coefficient (Wildman–Crippen LogP) is 5.29. The smallest absolute Gasteiger partial charge is 0.302 e. The van der Waals surface area contributed by atoms with E-state index >= 15 is 0 Å². The van der Waals surface area contributed by atoms with Crippen molar-refractivity contribution in [3.05, 3.63) is 9.40 Å². The van der Waals surface area contributed by atoms with Gasteiger partial charge in [-0.05, 0) is 12.2 Å². The molecule has 0 atom stereocenters. The molecule has 5 heteroatoms. The molecular formula is C13H22Cl2O2S. The second-order valence-corrected chi connectivity index (χ2v) is 6.24. The van der Waals surface area contributed by atoms with Crippen LogP contribution in [0.1, 0.15) is 52.4 Å². The van der Waals surface area contributed by atoms with E-state index in [4.69, 9.17) is 27.9 Å². The van der Waals surface area contributed by atoms with Crippen LogP contribution in [0, 0.1) is 0 Å². The Labute approximate surface area is 124 Å². The van der Waals surface area contributed by atoms with E-state index in [0.29, 0.717) is 9.40 Å². The normalized spacial score (nSPS) is 12.2. The maximum absolute atomic E-state index is 10.6. The molecule has 0 aromatic heterocycles. The molecule has 106 valence electrons. The van der Waals surface area contributed by atoms with Gasteiger partial charge in [-0.15, -0.1) is 11.8 Å². The molecule has 0 heterocycles. The molecule has 0 spiro atoms. The molecule has 0 N–H and O–H groups in total. The van der Waals surface area contributed by atoms with Crippen molar-refractivity contribution in [2.24, 2.45) is 0 Å². The summed E-state index contributed by atoms with van der Waals surface area (Å²) in [5, 5.41) is 0.405. The molecule has 0 aromatic rings. The molecule has 0 aromatic carbocycles. The third kappa shape index (κ3) is 11.2. The molecule has 0 rings (SSSR count). The fourth-order valence-electron chi connectivity index (χ4n) is 1.34. The Kier molecular flexibility index (Phi) is 12.3. The summed E-state index contributed by atoms with van der Waals surface area (Å²) in [7, 11) is 0. The van der Waals surface area contributed by atoms with Crippen LogP contribution >= 0.6 is 35.0 Å². The molecule has 2 nitrogen and oxygen atoms in total. The second kappa shape index (κ2) is 12.2. The van der Waals surface area contributed by atoms with Crippen molar-refractivity contribution in [3.63, 3.8) is 0 Å². The van der Waals surface area contributed by atoms with Crippen LogP contribution in [-0.2, 0) is 9.53 Å². The van der Waals surface area contributed by atoms with Crippen molar-refractivity contribution in [1.82, 2.24) is 0 Å². The maximum atomic E-state index is 10.6. The summed E-state index contributed by atoms with van der Waals surface area (Å²) in [6.07, 6.45) is 7.58. The molecular weight excluding hydrogens is 291 g/mol. The first-order valence-electron chi connectivity index (χ1n) is 6.38. The van der Waals surface area contributed by atoms with Gasteiger partial charge in [0.2, 0.25) is 0 Å². The SMILES string of the molecule is CCCCCCCCS/C(Cl)=C(/Cl)COC(C)=O. The summed E-state index contributed by atoms with van der Waals surface area (Å²) in [4.78, 5) is 10.6. The molecule has 0 saturated carbocycles. The first kappa shape index (κ1) is 18.1. The molecule has 0 radical (unpaired) electrons. The fourth-order valence-corrected chi connectivity index (χ4v) is 2.59. The minimum Gasteiger partial charge on any atom is -0.460 e. The Balaban J connectivity index is 3.58. The van der Waals surface area contributed by atoms with Gasteiger partial charge >= 0.3 is 5.97 Å². The van der Waals surface area contributed by atoms with Crippen molar-refractivity contribution in [2.75, 3.05) is 12.4 Å². The number of hydrogen-bond donors (Lipinski definition) is 0. The number of carbonyl (C=O) groups is 1. The van der Waals surface area contributed by atoms with Crippen LogP contribution in [0.4, 0.5) is 0 Å². The van der Waals surface area contributed by atoms with Gasteiger partial charge in [-0.25, -0.2) is 0 Å². The van der Waals surface area contributed by atoms with Crippen LogP contribution in [0.3, 0.4) is 0 Å². The highest BCUT2D eigenvalue weighted by Crippen LogP contribution is 2.27. The van der Waals surface area contributed by atoms with E-state index in [2.05, 4.69) is 6.92 Å². The van der Waals surface area contributed by atoms with E-state index in [1.54, 1.807) is 0 Å². The summed E-state index contributed by atoms with van der Waals surface area (Å²) >= 11 is 13.4. The lowest BCUT2D eigenvalue weighted by Gasteiger charge is -2.04. The zero-order chi connectivity index (χ0) is 13.8. The first-order chi connectivity index (χ1) is 8.57. The van der Waals surface area contributed by atoms with Gasteiger partial charge in [-0.2, -0.15) is 0 Å². The topological polar surface area (TPSA) is 26.3 Å². The van der Waals surface area contributed by atoms with Gasteiger partial charge in [-0.3, -0.25) is 4.79 Å². The molecule has 0 aliphatic carbocycles. The van der Waals surface area contributed by atoms with Gasteiger partial charge in [0.25, 0.3) is 0 Å².